The van der Waals surface area contributed by atoms with Crippen LogP contribution in [0.3, 0.4) is 0 Å². The van der Waals surface area contributed by atoms with Gasteiger partial charge < -0.3 is 10.6 Å². The summed E-state index contributed by atoms with van der Waals surface area (Å²) in [7, 11) is 0. The molecule has 7 heteroatoms. The first-order valence-electron chi connectivity index (χ1n) is 12.7. The monoisotopic (exact) mass is 532 g/mol. The highest BCUT2D eigenvalue weighted by Crippen LogP contribution is 2.48. The molecule has 2 atom stereocenters. The predicted molar refractivity (Wildman–Crippen MR) is 147 cm³/mol. The topological polar surface area (TPSA) is 58.2 Å². The fourth-order valence-electron chi connectivity index (χ4n) is 5.29. The van der Waals surface area contributed by atoms with Crippen LogP contribution in [0.1, 0.15) is 67.7 Å². The van der Waals surface area contributed by atoms with Crippen molar-refractivity contribution in [2.45, 2.75) is 57.8 Å². The second kappa shape index (κ2) is 9.95. The Morgan fingerprint density at radius 2 is 1.66 bits per heavy atom. The summed E-state index contributed by atoms with van der Waals surface area (Å²) in [6.07, 6.45) is 0.960. The van der Waals surface area contributed by atoms with Gasteiger partial charge in [-0.25, -0.2) is 8.78 Å². The number of amides is 1. The van der Waals surface area contributed by atoms with Crippen molar-refractivity contribution in [1.82, 2.24) is 5.32 Å². The average molecular weight is 533 g/mol. The van der Waals surface area contributed by atoms with Gasteiger partial charge in [-0.1, -0.05) is 57.2 Å². The van der Waals surface area contributed by atoms with Crippen LogP contribution in [0.25, 0.3) is 0 Å². The van der Waals surface area contributed by atoms with E-state index < -0.39 is 29.1 Å². The molecule has 196 valence electrons. The summed E-state index contributed by atoms with van der Waals surface area (Å²) in [6, 6.07) is 17.4. The number of hydrogen-bond donors (Lipinski definition) is 2. The molecule has 0 saturated carbocycles. The molecule has 0 saturated heterocycles. The van der Waals surface area contributed by atoms with Crippen molar-refractivity contribution in [3.8, 4) is 0 Å². The summed E-state index contributed by atoms with van der Waals surface area (Å²) in [5, 5.41) is 5.77. The van der Waals surface area contributed by atoms with Crippen molar-refractivity contribution in [1.29, 1.82) is 0 Å². The molecule has 1 aromatic heterocycles. The minimum atomic E-state index is -0.859. The summed E-state index contributed by atoms with van der Waals surface area (Å²) in [6.45, 7) is 8.11. The van der Waals surface area contributed by atoms with Crippen LogP contribution < -0.4 is 10.6 Å². The lowest BCUT2D eigenvalue weighted by Crippen LogP contribution is -2.37. The number of halogens is 2. The lowest BCUT2D eigenvalue weighted by atomic mass is 9.73. The van der Waals surface area contributed by atoms with E-state index in [0.717, 1.165) is 33.1 Å². The van der Waals surface area contributed by atoms with Gasteiger partial charge in [0.1, 0.15) is 17.3 Å². The molecule has 4 nitrogen and oxygen atoms in total. The fraction of sp³-hybridized carbons (Fsp3) is 0.290. The molecule has 0 fully saturated rings. The van der Waals surface area contributed by atoms with E-state index in [0.29, 0.717) is 29.7 Å². The Kier molecular flexibility index (Phi) is 6.82. The highest BCUT2D eigenvalue weighted by Gasteiger charge is 2.42. The van der Waals surface area contributed by atoms with Gasteiger partial charge in [0.05, 0.1) is 5.92 Å². The first-order chi connectivity index (χ1) is 18.0. The number of para-hydroxylation sites is 1. The molecule has 5 rings (SSSR count). The zero-order valence-electron chi connectivity index (χ0n) is 21.8. The summed E-state index contributed by atoms with van der Waals surface area (Å²) in [5.74, 6) is -2.99. The lowest BCUT2D eigenvalue weighted by molar-refractivity contribution is -0.116. The molecule has 0 radical (unpaired) electrons. The Balaban J connectivity index is 1.59. The summed E-state index contributed by atoms with van der Waals surface area (Å²) >= 11 is 1.56. The largest absolute Gasteiger partial charge is 0.362 e. The number of anilines is 1. The number of benzene rings is 2. The average Bonchev–Trinajstić information content (AvgIpc) is 3.37. The fourth-order valence-corrected chi connectivity index (χ4v) is 6.48. The number of carbonyl (C=O) groups is 2. The van der Waals surface area contributed by atoms with E-state index in [1.54, 1.807) is 18.3 Å². The Morgan fingerprint density at radius 1 is 0.974 bits per heavy atom. The second-order valence-electron chi connectivity index (χ2n) is 10.9. The smallest absolute Gasteiger partial charge is 0.254 e. The molecule has 2 N–H and O–H groups in total. The normalized spacial score (nSPS) is 19.8. The van der Waals surface area contributed by atoms with Crippen LogP contribution in [-0.2, 0) is 15.0 Å². The zero-order valence-corrected chi connectivity index (χ0v) is 22.6. The van der Waals surface area contributed by atoms with Crippen LogP contribution >= 0.6 is 11.3 Å². The lowest BCUT2D eigenvalue weighted by Gasteiger charge is -2.36. The zero-order chi connectivity index (χ0) is 27.2. The maximum absolute atomic E-state index is 14.4. The molecule has 3 aromatic rings. The Hall–Kier alpha value is -3.58. The molecule has 38 heavy (non-hydrogen) atoms. The number of dihydropyridines is 1. The SMILES string of the molecule is CC1=C(C(=O)Nc2c(F)cccc2F)C(c2ccc(C(C)(C)C)s2)C2=C(CC(c3ccccc3)CC2=O)N1. The number of rotatable bonds is 4. The van der Waals surface area contributed by atoms with E-state index in [-0.39, 0.29) is 17.1 Å². The predicted octanol–water partition coefficient (Wildman–Crippen LogP) is 7.32. The summed E-state index contributed by atoms with van der Waals surface area (Å²) in [4.78, 5) is 29.4. The van der Waals surface area contributed by atoms with Crippen molar-refractivity contribution < 1.29 is 18.4 Å². The van der Waals surface area contributed by atoms with Crippen molar-refractivity contribution >= 4 is 28.7 Å². The summed E-state index contributed by atoms with van der Waals surface area (Å²) in [5.41, 5.74) is 2.70. The maximum Gasteiger partial charge on any atom is 0.254 e. The van der Waals surface area contributed by atoms with Gasteiger partial charge in [-0.2, -0.15) is 0 Å². The number of allylic oxidation sites excluding steroid dienone is 3. The van der Waals surface area contributed by atoms with Gasteiger partial charge in [0.2, 0.25) is 0 Å². The molecular formula is C31H30F2N2O2S. The van der Waals surface area contributed by atoms with E-state index in [4.69, 9.17) is 0 Å². The minimum absolute atomic E-state index is 0.0276. The van der Waals surface area contributed by atoms with E-state index in [2.05, 4.69) is 31.4 Å². The van der Waals surface area contributed by atoms with Gasteiger partial charge in [0.15, 0.2) is 5.78 Å². The van der Waals surface area contributed by atoms with E-state index in [1.807, 2.05) is 42.5 Å². The van der Waals surface area contributed by atoms with Gasteiger partial charge >= 0.3 is 0 Å². The van der Waals surface area contributed by atoms with E-state index in [9.17, 15) is 18.4 Å². The summed E-state index contributed by atoms with van der Waals surface area (Å²) < 4.78 is 28.8. The van der Waals surface area contributed by atoms with Crippen molar-refractivity contribution in [2.75, 3.05) is 5.32 Å². The molecule has 1 aliphatic heterocycles. The Labute approximate surface area is 225 Å². The first-order valence-corrected chi connectivity index (χ1v) is 13.5. The Morgan fingerprint density at radius 3 is 2.29 bits per heavy atom. The number of Topliss-reactive ketones (excluding diaryl/α,β-unsaturated/α-hetero) is 1. The van der Waals surface area contributed by atoms with Crippen LogP contribution in [0.5, 0.6) is 0 Å². The molecule has 1 amide bonds. The molecular weight excluding hydrogens is 502 g/mol. The highest BCUT2D eigenvalue weighted by molar-refractivity contribution is 7.12. The Bertz CT molecular complexity index is 1460. The first kappa shape index (κ1) is 26.0. The molecule has 0 spiro atoms. The van der Waals surface area contributed by atoms with Gasteiger partial charge in [-0.05, 0) is 54.5 Å². The molecule has 1 aliphatic carbocycles. The van der Waals surface area contributed by atoms with Gasteiger partial charge in [-0.15, -0.1) is 11.3 Å². The van der Waals surface area contributed by atoms with E-state index >= 15 is 0 Å². The second-order valence-corrected chi connectivity index (χ2v) is 12.0. The van der Waals surface area contributed by atoms with Crippen LogP contribution in [0.2, 0.25) is 0 Å². The number of hydrogen-bond acceptors (Lipinski definition) is 4. The van der Waals surface area contributed by atoms with Crippen molar-refractivity contribution in [3.05, 3.63) is 110 Å². The number of thiophene rings is 1. The maximum atomic E-state index is 14.4. The highest BCUT2D eigenvalue weighted by atomic mass is 32.1. The van der Waals surface area contributed by atoms with Crippen LogP contribution in [0, 0.1) is 11.6 Å². The number of ketones is 1. The van der Waals surface area contributed by atoms with Gasteiger partial charge in [-0.3, -0.25) is 9.59 Å². The van der Waals surface area contributed by atoms with Crippen molar-refractivity contribution in [2.24, 2.45) is 0 Å². The standard InChI is InChI=1S/C31H30F2N2O2S/c1-17-26(30(37)35-29-20(32)11-8-12-21(29)33)28(24-13-14-25(38-24)31(2,3)4)27-22(34-17)15-19(16-23(27)36)18-9-6-5-7-10-18/h5-14,19,28,34H,15-16H2,1-4H3,(H,35,37). The van der Waals surface area contributed by atoms with Crippen LogP contribution in [0.4, 0.5) is 14.5 Å². The number of nitrogens with one attached hydrogen (secondary N) is 2. The molecule has 0 bridgehead atoms. The minimum Gasteiger partial charge on any atom is -0.362 e. The third kappa shape index (κ3) is 4.83. The molecule has 2 aliphatic rings. The van der Waals surface area contributed by atoms with Gasteiger partial charge in [0, 0.05) is 38.7 Å². The van der Waals surface area contributed by atoms with Crippen molar-refractivity contribution in [3.63, 3.8) is 0 Å². The third-order valence-electron chi connectivity index (χ3n) is 7.19. The number of carbonyl (C=O) groups excluding carboxylic acids is 2. The van der Waals surface area contributed by atoms with E-state index in [1.165, 1.54) is 6.07 Å². The van der Waals surface area contributed by atoms with Crippen LogP contribution in [0.15, 0.2) is 83.2 Å². The molecule has 2 unspecified atom stereocenters. The van der Waals surface area contributed by atoms with Crippen LogP contribution in [-0.4, -0.2) is 11.7 Å². The third-order valence-corrected chi connectivity index (χ3v) is 8.77. The van der Waals surface area contributed by atoms with Gasteiger partial charge in [0.25, 0.3) is 5.91 Å². The molecule has 2 heterocycles. The quantitative estimate of drug-likeness (QED) is 0.370. The molecule has 2 aromatic carbocycles.